The Bertz CT molecular complexity index is 675. The molecule has 2 aromatic carbocycles. The summed E-state index contributed by atoms with van der Waals surface area (Å²) in [5.41, 5.74) is 7.13. The van der Waals surface area contributed by atoms with E-state index in [0.29, 0.717) is 17.9 Å². The number of halogens is 2. The number of fused-ring (bicyclic) bond motifs is 1. The number of hydrogen-bond acceptors (Lipinski definition) is 3. The first kappa shape index (κ1) is 13.8. The molecule has 0 radical (unpaired) electrons. The standard InChI is InChI=1S/C16H15F2NO2/c1-20-9-5-6-10-13(19)8-15(21-14(10)7-9)11-3-2-4-12(17)16(11)18/h2-7,13,15H,8,19H2,1H3. The minimum atomic E-state index is -0.888. The Hall–Kier alpha value is -2.14. The van der Waals surface area contributed by atoms with E-state index >= 15 is 0 Å². The van der Waals surface area contributed by atoms with Crippen molar-refractivity contribution in [2.24, 2.45) is 5.73 Å². The molecule has 110 valence electrons. The molecule has 1 aliphatic heterocycles. The van der Waals surface area contributed by atoms with E-state index < -0.39 is 17.7 Å². The monoisotopic (exact) mass is 291 g/mol. The predicted octanol–water partition coefficient (Wildman–Crippen LogP) is 3.50. The third-order valence-electron chi connectivity index (χ3n) is 3.69. The maximum Gasteiger partial charge on any atom is 0.165 e. The maximum atomic E-state index is 13.9. The van der Waals surface area contributed by atoms with E-state index in [0.717, 1.165) is 11.6 Å². The van der Waals surface area contributed by atoms with Gasteiger partial charge in [-0.3, -0.25) is 0 Å². The lowest BCUT2D eigenvalue weighted by molar-refractivity contribution is 0.155. The summed E-state index contributed by atoms with van der Waals surface area (Å²) in [7, 11) is 1.55. The van der Waals surface area contributed by atoms with Crippen LogP contribution in [-0.4, -0.2) is 7.11 Å². The van der Waals surface area contributed by atoms with Crippen LogP contribution in [0.1, 0.15) is 29.7 Å². The summed E-state index contributed by atoms with van der Waals surface area (Å²) in [6, 6.07) is 9.09. The second kappa shape index (κ2) is 5.33. The number of rotatable bonds is 2. The van der Waals surface area contributed by atoms with Crippen molar-refractivity contribution in [2.45, 2.75) is 18.6 Å². The zero-order chi connectivity index (χ0) is 15.0. The van der Waals surface area contributed by atoms with Crippen LogP contribution in [0.5, 0.6) is 11.5 Å². The number of benzene rings is 2. The highest BCUT2D eigenvalue weighted by molar-refractivity contribution is 5.44. The minimum Gasteiger partial charge on any atom is -0.497 e. The topological polar surface area (TPSA) is 44.5 Å². The zero-order valence-electron chi connectivity index (χ0n) is 11.5. The minimum absolute atomic E-state index is 0.180. The Kier molecular flexibility index (Phi) is 3.51. The summed E-state index contributed by atoms with van der Waals surface area (Å²) in [4.78, 5) is 0. The summed E-state index contributed by atoms with van der Waals surface area (Å²) in [6.07, 6.45) is -0.227. The molecule has 0 saturated heterocycles. The van der Waals surface area contributed by atoms with Crippen molar-refractivity contribution in [3.05, 3.63) is 59.2 Å². The first-order chi connectivity index (χ1) is 10.1. The van der Waals surface area contributed by atoms with E-state index in [1.165, 1.54) is 12.1 Å². The third-order valence-corrected chi connectivity index (χ3v) is 3.69. The molecule has 0 spiro atoms. The van der Waals surface area contributed by atoms with Crippen molar-refractivity contribution in [3.8, 4) is 11.5 Å². The van der Waals surface area contributed by atoms with Gasteiger partial charge in [0.2, 0.25) is 0 Å². The molecule has 2 atom stereocenters. The first-order valence-electron chi connectivity index (χ1n) is 6.64. The van der Waals surface area contributed by atoms with Gasteiger partial charge in [0, 0.05) is 29.7 Å². The molecule has 3 nitrogen and oxygen atoms in total. The van der Waals surface area contributed by atoms with E-state index in [1.807, 2.05) is 6.07 Å². The Labute approximate surface area is 121 Å². The van der Waals surface area contributed by atoms with Crippen LogP contribution < -0.4 is 15.2 Å². The summed E-state index contributed by atoms with van der Waals surface area (Å²) in [5, 5.41) is 0. The smallest absolute Gasteiger partial charge is 0.165 e. The van der Waals surface area contributed by atoms with E-state index in [4.69, 9.17) is 15.2 Å². The second-order valence-corrected chi connectivity index (χ2v) is 5.00. The SMILES string of the molecule is COc1ccc2c(c1)OC(c1cccc(F)c1F)CC2N. The van der Waals surface area contributed by atoms with Gasteiger partial charge in [-0.15, -0.1) is 0 Å². The molecule has 0 aliphatic carbocycles. The van der Waals surface area contributed by atoms with Crippen molar-refractivity contribution in [1.82, 2.24) is 0 Å². The van der Waals surface area contributed by atoms with Crippen LogP contribution in [0.25, 0.3) is 0 Å². The fourth-order valence-corrected chi connectivity index (χ4v) is 2.57. The lowest BCUT2D eigenvalue weighted by Crippen LogP contribution is -2.25. The third kappa shape index (κ3) is 2.45. The van der Waals surface area contributed by atoms with Crippen molar-refractivity contribution in [3.63, 3.8) is 0 Å². The van der Waals surface area contributed by atoms with Crippen LogP contribution in [0.4, 0.5) is 8.78 Å². The maximum absolute atomic E-state index is 13.9. The molecule has 0 amide bonds. The molecule has 5 heteroatoms. The second-order valence-electron chi connectivity index (χ2n) is 5.00. The quantitative estimate of drug-likeness (QED) is 0.921. The summed E-state index contributed by atoms with van der Waals surface area (Å²) >= 11 is 0. The molecule has 2 N–H and O–H groups in total. The van der Waals surface area contributed by atoms with Crippen LogP contribution in [0, 0.1) is 11.6 Å². The molecule has 21 heavy (non-hydrogen) atoms. The molecule has 1 heterocycles. The highest BCUT2D eigenvalue weighted by Crippen LogP contribution is 2.41. The molecular weight excluding hydrogens is 276 g/mol. The fourth-order valence-electron chi connectivity index (χ4n) is 2.57. The largest absolute Gasteiger partial charge is 0.497 e. The number of hydrogen-bond donors (Lipinski definition) is 1. The van der Waals surface area contributed by atoms with Gasteiger partial charge >= 0.3 is 0 Å². The average Bonchev–Trinajstić information content (AvgIpc) is 2.49. The van der Waals surface area contributed by atoms with Gasteiger partial charge in [-0.1, -0.05) is 18.2 Å². The highest BCUT2D eigenvalue weighted by atomic mass is 19.2. The van der Waals surface area contributed by atoms with Gasteiger partial charge in [-0.25, -0.2) is 8.78 Å². The molecule has 1 aliphatic rings. The molecule has 3 rings (SSSR count). The van der Waals surface area contributed by atoms with Crippen molar-refractivity contribution in [1.29, 1.82) is 0 Å². The van der Waals surface area contributed by atoms with Gasteiger partial charge in [0.25, 0.3) is 0 Å². The van der Waals surface area contributed by atoms with E-state index in [1.54, 1.807) is 19.2 Å². The lowest BCUT2D eigenvalue weighted by atomic mass is 9.93. The van der Waals surface area contributed by atoms with Gasteiger partial charge in [-0.2, -0.15) is 0 Å². The normalized spacial score (nSPS) is 20.6. The predicted molar refractivity (Wildman–Crippen MR) is 74.3 cm³/mol. The molecular formula is C16H15F2NO2. The van der Waals surface area contributed by atoms with E-state index in [-0.39, 0.29) is 11.6 Å². The van der Waals surface area contributed by atoms with Crippen LogP contribution in [-0.2, 0) is 0 Å². The Morgan fingerprint density at radius 2 is 2.00 bits per heavy atom. The first-order valence-corrected chi connectivity index (χ1v) is 6.64. The van der Waals surface area contributed by atoms with Crippen molar-refractivity contribution >= 4 is 0 Å². The van der Waals surface area contributed by atoms with Gasteiger partial charge in [0.15, 0.2) is 11.6 Å². The van der Waals surface area contributed by atoms with Crippen molar-refractivity contribution in [2.75, 3.05) is 7.11 Å². The van der Waals surface area contributed by atoms with Gasteiger partial charge < -0.3 is 15.2 Å². The van der Waals surface area contributed by atoms with E-state index in [9.17, 15) is 8.78 Å². The summed E-state index contributed by atoms with van der Waals surface area (Å²) in [5.74, 6) is -0.606. The van der Waals surface area contributed by atoms with Gasteiger partial charge in [0.05, 0.1) is 7.11 Å². The molecule has 2 aromatic rings. The zero-order valence-corrected chi connectivity index (χ0v) is 11.5. The summed E-state index contributed by atoms with van der Waals surface area (Å²) < 4.78 is 38.2. The van der Waals surface area contributed by atoms with Gasteiger partial charge in [-0.05, 0) is 12.1 Å². The van der Waals surface area contributed by atoms with Crippen LogP contribution in [0.2, 0.25) is 0 Å². The Balaban J connectivity index is 1.99. The number of ether oxygens (including phenoxy) is 2. The van der Waals surface area contributed by atoms with Crippen LogP contribution in [0.15, 0.2) is 36.4 Å². The fraction of sp³-hybridized carbons (Fsp3) is 0.250. The van der Waals surface area contributed by atoms with Gasteiger partial charge in [0.1, 0.15) is 17.6 Å². The summed E-state index contributed by atoms with van der Waals surface area (Å²) in [6.45, 7) is 0. The highest BCUT2D eigenvalue weighted by Gasteiger charge is 2.29. The van der Waals surface area contributed by atoms with E-state index in [2.05, 4.69) is 0 Å². The molecule has 0 aromatic heterocycles. The van der Waals surface area contributed by atoms with Crippen LogP contribution >= 0.6 is 0 Å². The molecule has 0 bridgehead atoms. The lowest BCUT2D eigenvalue weighted by Gasteiger charge is -2.31. The Morgan fingerprint density at radius 1 is 1.19 bits per heavy atom. The Morgan fingerprint density at radius 3 is 2.76 bits per heavy atom. The number of methoxy groups -OCH3 is 1. The van der Waals surface area contributed by atoms with Crippen LogP contribution in [0.3, 0.4) is 0 Å². The average molecular weight is 291 g/mol. The van der Waals surface area contributed by atoms with Crippen molar-refractivity contribution < 1.29 is 18.3 Å². The molecule has 2 unspecified atom stereocenters. The molecule has 0 saturated carbocycles. The molecule has 0 fully saturated rings. The number of nitrogens with two attached hydrogens (primary N) is 1.